The van der Waals surface area contributed by atoms with Crippen molar-refractivity contribution in [3.05, 3.63) is 54.1 Å². The first-order valence-corrected chi connectivity index (χ1v) is 9.53. The second-order valence-electron chi connectivity index (χ2n) is 7.02. The first-order chi connectivity index (χ1) is 14.1. The first-order valence-electron chi connectivity index (χ1n) is 9.53. The number of rotatable bonds is 7. The van der Waals surface area contributed by atoms with Gasteiger partial charge in [0.05, 0.1) is 13.2 Å². The Labute approximate surface area is 168 Å². The molecule has 2 amide bonds. The summed E-state index contributed by atoms with van der Waals surface area (Å²) in [6.07, 6.45) is 2.12. The van der Waals surface area contributed by atoms with E-state index in [2.05, 4.69) is 26.1 Å². The highest BCUT2D eigenvalue weighted by Gasteiger charge is 2.23. The number of amides is 2. The molecular formula is C21H23N5O3. The molecule has 0 bridgehead atoms. The summed E-state index contributed by atoms with van der Waals surface area (Å²) in [4.78, 5) is 16.2. The Morgan fingerprint density at radius 3 is 2.72 bits per heavy atom. The number of methoxy groups -OCH3 is 1. The van der Waals surface area contributed by atoms with Gasteiger partial charge >= 0.3 is 12.0 Å². The van der Waals surface area contributed by atoms with Crippen molar-refractivity contribution in [1.29, 1.82) is 0 Å². The SMILES string of the molecule is COc1cccc(-c2noc(NC(C)c3ccc(NC(=O)NC4CC4)cc3)n2)c1. The molecule has 0 radical (unpaired) electrons. The molecule has 1 heterocycles. The average Bonchev–Trinajstić information content (AvgIpc) is 3.42. The molecule has 1 unspecified atom stereocenters. The van der Waals surface area contributed by atoms with Crippen LogP contribution in [0.2, 0.25) is 0 Å². The third-order valence-corrected chi connectivity index (χ3v) is 4.68. The number of anilines is 2. The van der Waals surface area contributed by atoms with Crippen LogP contribution in [0.15, 0.2) is 53.1 Å². The van der Waals surface area contributed by atoms with Gasteiger partial charge in [-0.15, -0.1) is 0 Å². The number of urea groups is 1. The third-order valence-electron chi connectivity index (χ3n) is 4.68. The van der Waals surface area contributed by atoms with Gasteiger partial charge in [-0.05, 0) is 49.6 Å². The third kappa shape index (κ3) is 4.84. The van der Waals surface area contributed by atoms with E-state index in [0.29, 0.717) is 17.9 Å². The zero-order chi connectivity index (χ0) is 20.2. The molecule has 3 aromatic rings. The Hall–Kier alpha value is -3.55. The summed E-state index contributed by atoms with van der Waals surface area (Å²) >= 11 is 0. The van der Waals surface area contributed by atoms with Gasteiger partial charge in [0.15, 0.2) is 0 Å². The van der Waals surface area contributed by atoms with Crippen LogP contribution in [0.1, 0.15) is 31.4 Å². The van der Waals surface area contributed by atoms with Gasteiger partial charge in [-0.2, -0.15) is 4.98 Å². The number of hydrogen-bond donors (Lipinski definition) is 3. The molecule has 8 heteroatoms. The van der Waals surface area contributed by atoms with E-state index in [1.54, 1.807) is 7.11 Å². The molecule has 8 nitrogen and oxygen atoms in total. The smallest absolute Gasteiger partial charge is 0.322 e. The largest absolute Gasteiger partial charge is 0.497 e. The van der Waals surface area contributed by atoms with E-state index in [1.165, 1.54) is 0 Å². The zero-order valence-corrected chi connectivity index (χ0v) is 16.3. The Balaban J connectivity index is 1.37. The number of aromatic nitrogens is 2. The summed E-state index contributed by atoms with van der Waals surface area (Å²) in [5.41, 5.74) is 2.59. The normalized spacial score (nSPS) is 14.1. The van der Waals surface area contributed by atoms with Gasteiger partial charge in [0.1, 0.15) is 5.75 Å². The van der Waals surface area contributed by atoms with Gasteiger partial charge in [-0.1, -0.05) is 29.4 Å². The standard InChI is InChI=1S/C21H23N5O3/c1-13(14-6-8-16(9-7-14)23-20(27)24-17-10-11-17)22-21-25-19(26-29-21)15-4-3-5-18(12-15)28-2/h3-9,12-13,17H,10-11H2,1-2H3,(H,22,25,26)(H2,23,24,27). The van der Waals surface area contributed by atoms with Gasteiger partial charge in [0, 0.05) is 17.3 Å². The highest BCUT2D eigenvalue weighted by atomic mass is 16.5. The van der Waals surface area contributed by atoms with Gasteiger partial charge in [-0.3, -0.25) is 0 Å². The fraction of sp³-hybridized carbons (Fsp3) is 0.286. The maximum atomic E-state index is 11.8. The van der Waals surface area contributed by atoms with Crippen molar-refractivity contribution in [3.63, 3.8) is 0 Å². The molecule has 150 valence electrons. The van der Waals surface area contributed by atoms with Gasteiger partial charge in [-0.25, -0.2) is 4.79 Å². The molecule has 1 fully saturated rings. The number of carbonyl (C=O) groups is 1. The summed E-state index contributed by atoms with van der Waals surface area (Å²) in [7, 11) is 1.62. The second kappa shape index (κ2) is 8.22. The number of nitrogens with one attached hydrogen (secondary N) is 3. The Morgan fingerprint density at radius 2 is 2.00 bits per heavy atom. The molecule has 1 aliphatic rings. The van der Waals surface area contributed by atoms with Crippen LogP contribution in [0.25, 0.3) is 11.4 Å². The van der Waals surface area contributed by atoms with Crippen LogP contribution in [0.4, 0.5) is 16.5 Å². The van der Waals surface area contributed by atoms with Crippen molar-refractivity contribution < 1.29 is 14.1 Å². The maximum absolute atomic E-state index is 11.8. The summed E-state index contributed by atoms with van der Waals surface area (Å²) < 4.78 is 10.6. The van der Waals surface area contributed by atoms with E-state index < -0.39 is 0 Å². The summed E-state index contributed by atoms with van der Waals surface area (Å²) in [5, 5.41) is 13.0. The van der Waals surface area contributed by atoms with Crippen molar-refractivity contribution in [2.75, 3.05) is 17.7 Å². The maximum Gasteiger partial charge on any atom is 0.322 e. The lowest BCUT2D eigenvalue weighted by molar-refractivity contribution is 0.251. The Bertz CT molecular complexity index is 982. The Morgan fingerprint density at radius 1 is 1.21 bits per heavy atom. The molecule has 1 atom stereocenters. The van der Waals surface area contributed by atoms with Crippen molar-refractivity contribution in [2.45, 2.75) is 31.8 Å². The molecule has 4 rings (SSSR count). The monoisotopic (exact) mass is 393 g/mol. The van der Waals surface area contributed by atoms with E-state index in [-0.39, 0.29) is 12.1 Å². The number of benzene rings is 2. The van der Waals surface area contributed by atoms with Crippen molar-refractivity contribution >= 4 is 17.7 Å². The minimum absolute atomic E-state index is 0.0528. The summed E-state index contributed by atoms with van der Waals surface area (Å²) in [6, 6.07) is 15.6. The molecular weight excluding hydrogens is 370 g/mol. The minimum Gasteiger partial charge on any atom is -0.497 e. The second-order valence-corrected chi connectivity index (χ2v) is 7.02. The number of nitrogens with zero attached hydrogens (tertiary/aromatic N) is 2. The van der Waals surface area contributed by atoms with E-state index in [4.69, 9.17) is 9.26 Å². The Kier molecular flexibility index (Phi) is 5.33. The van der Waals surface area contributed by atoms with Crippen molar-refractivity contribution in [2.24, 2.45) is 0 Å². The van der Waals surface area contributed by atoms with E-state index in [1.807, 2.05) is 55.5 Å². The van der Waals surface area contributed by atoms with E-state index >= 15 is 0 Å². The lowest BCUT2D eigenvalue weighted by atomic mass is 10.1. The molecule has 0 spiro atoms. The van der Waals surface area contributed by atoms with Crippen LogP contribution in [0.5, 0.6) is 5.75 Å². The van der Waals surface area contributed by atoms with Crippen LogP contribution in [0.3, 0.4) is 0 Å². The lowest BCUT2D eigenvalue weighted by Gasteiger charge is -2.13. The molecule has 0 saturated heterocycles. The van der Waals surface area contributed by atoms with Crippen LogP contribution in [0, 0.1) is 0 Å². The van der Waals surface area contributed by atoms with E-state index in [0.717, 1.165) is 35.4 Å². The van der Waals surface area contributed by atoms with Gasteiger partial charge < -0.3 is 25.2 Å². The minimum atomic E-state index is -0.164. The molecule has 3 N–H and O–H groups in total. The van der Waals surface area contributed by atoms with Crippen molar-refractivity contribution in [1.82, 2.24) is 15.5 Å². The van der Waals surface area contributed by atoms with Crippen LogP contribution < -0.4 is 20.7 Å². The summed E-state index contributed by atoms with van der Waals surface area (Å²) in [6.45, 7) is 2.00. The van der Waals surface area contributed by atoms with Crippen molar-refractivity contribution in [3.8, 4) is 17.1 Å². The van der Waals surface area contributed by atoms with Crippen LogP contribution in [-0.2, 0) is 0 Å². The topological polar surface area (TPSA) is 101 Å². The number of carbonyl (C=O) groups excluding carboxylic acids is 1. The molecule has 2 aromatic carbocycles. The lowest BCUT2D eigenvalue weighted by Crippen LogP contribution is -2.30. The number of ether oxygens (including phenoxy) is 1. The van der Waals surface area contributed by atoms with Crippen LogP contribution in [-0.4, -0.2) is 29.3 Å². The predicted octanol–water partition coefficient (Wildman–Crippen LogP) is 4.20. The fourth-order valence-electron chi connectivity index (χ4n) is 2.87. The predicted molar refractivity (Wildman–Crippen MR) is 110 cm³/mol. The molecule has 0 aliphatic heterocycles. The molecule has 1 aromatic heterocycles. The average molecular weight is 393 g/mol. The van der Waals surface area contributed by atoms with Gasteiger partial charge in [0.2, 0.25) is 5.82 Å². The molecule has 29 heavy (non-hydrogen) atoms. The van der Waals surface area contributed by atoms with Gasteiger partial charge in [0.25, 0.3) is 0 Å². The zero-order valence-electron chi connectivity index (χ0n) is 16.3. The highest BCUT2D eigenvalue weighted by molar-refractivity contribution is 5.89. The quantitative estimate of drug-likeness (QED) is 0.556. The summed E-state index contributed by atoms with van der Waals surface area (Å²) in [5.74, 6) is 1.22. The van der Waals surface area contributed by atoms with E-state index in [9.17, 15) is 4.79 Å². The molecule has 1 saturated carbocycles. The highest BCUT2D eigenvalue weighted by Crippen LogP contribution is 2.25. The molecule has 1 aliphatic carbocycles. The van der Waals surface area contributed by atoms with Crippen LogP contribution >= 0.6 is 0 Å². The first kappa shape index (κ1) is 18.8. The number of hydrogen-bond acceptors (Lipinski definition) is 6. The fourth-order valence-corrected chi connectivity index (χ4v) is 2.87.